The lowest BCUT2D eigenvalue weighted by Crippen LogP contribution is -2.38. The Bertz CT molecular complexity index is 1210. The molecule has 0 bridgehead atoms. The van der Waals surface area contributed by atoms with Crippen LogP contribution in [0.15, 0.2) is 27.8 Å². The van der Waals surface area contributed by atoms with Crippen LogP contribution in [0.1, 0.15) is 11.4 Å². The van der Waals surface area contributed by atoms with Crippen molar-refractivity contribution in [3.05, 3.63) is 50.4 Å². The first-order valence-corrected chi connectivity index (χ1v) is 7.79. The first kappa shape index (κ1) is 15.8. The maximum absolute atomic E-state index is 12.4. The summed E-state index contributed by atoms with van der Waals surface area (Å²) in [6.45, 7) is 0.118. The lowest BCUT2D eigenvalue weighted by Gasteiger charge is -2.03. The number of hydrogen-bond acceptors (Lipinski definition) is 5. The second kappa shape index (κ2) is 5.97. The van der Waals surface area contributed by atoms with Crippen LogP contribution in [0.25, 0.3) is 23.3 Å². The van der Waals surface area contributed by atoms with Gasteiger partial charge in [0.05, 0.1) is 6.54 Å². The van der Waals surface area contributed by atoms with Gasteiger partial charge in [-0.1, -0.05) is 18.1 Å². The number of aromatic amines is 1. The van der Waals surface area contributed by atoms with Crippen molar-refractivity contribution < 1.29 is 9.47 Å². The van der Waals surface area contributed by atoms with E-state index < -0.39 is 11.2 Å². The highest BCUT2D eigenvalue weighted by molar-refractivity contribution is 5.75. The van der Waals surface area contributed by atoms with Crippen molar-refractivity contribution in [2.75, 3.05) is 6.79 Å². The van der Waals surface area contributed by atoms with E-state index in [0.29, 0.717) is 17.3 Å². The zero-order valence-electron chi connectivity index (χ0n) is 13.9. The first-order valence-electron chi connectivity index (χ1n) is 7.79. The van der Waals surface area contributed by atoms with Gasteiger partial charge in [0.2, 0.25) is 6.79 Å². The van der Waals surface area contributed by atoms with E-state index in [1.807, 2.05) is 24.3 Å². The van der Waals surface area contributed by atoms with Crippen molar-refractivity contribution in [2.45, 2.75) is 6.54 Å². The van der Waals surface area contributed by atoms with Gasteiger partial charge in [-0.05, 0) is 23.8 Å². The standard InChI is InChI=1S/C18H14N4O4/c1-3-8-22-17(23)15-16(21(2)18(22)24)20-14(19-15)7-5-11-4-6-12-13(9-11)26-10-25-12/h1,4-7,9H,8,10H2,2H3,(H,19,20)/b7-5+. The first-order chi connectivity index (χ1) is 12.6. The summed E-state index contributed by atoms with van der Waals surface area (Å²) in [6.07, 6.45) is 8.77. The molecule has 0 radical (unpaired) electrons. The monoisotopic (exact) mass is 350 g/mol. The number of nitrogens with zero attached hydrogens (tertiary/aromatic N) is 3. The highest BCUT2D eigenvalue weighted by Gasteiger charge is 2.14. The number of aryl methyl sites for hydroxylation is 1. The number of rotatable bonds is 3. The van der Waals surface area contributed by atoms with E-state index in [9.17, 15) is 9.59 Å². The molecule has 1 aliphatic heterocycles. The highest BCUT2D eigenvalue weighted by Crippen LogP contribution is 2.32. The van der Waals surface area contributed by atoms with Gasteiger partial charge >= 0.3 is 5.69 Å². The minimum atomic E-state index is -0.502. The fraction of sp³-hybridized carbons (Fsp3) is 0.167. The van der Waals surface area contributed by atoms with Gasteiger partial charge in [-0.3, -0.25) is 9.36 Å². The summed E-state index contributed by atoms with van der Waals surface area (Å²) >= 11 is 0. The predicted octanol–water partition coefficient (Wildman–Crippen LogP) is 0.956. The third-order valence-electron chi connectivity index (χ3n) is 4.08. The van der Waals surface area contributed by atoms with Crippen molar-refractivity contribution in [1.29, 1.82) is 0 Å². The molecule has 0 unspecified atom stereocenters. The molecule has 0 saturated heterocycles. The number of ether oxygens (including phenoxy) is 2. The topological polar surface area (TPSA) is 91.1 Å². The van der Waals surface area contributed by atoms with Gasteiger partial charge in [-0.2, -0.15) is 0 Å². The van der Waals surface area contributed by atoms with Gasteiger partial charge in [0.15, 0.2) is 17.1 Å². The maximum atomic E-state index is 12.4. The van der Waals surface area contributed by atoms with Gasteiger partial charge in [-0.25, -0.2) is 14.3 Å². The van der Waals surface area contributed by atoms with Gasteiger partial charge < -0.3 is 14.5 Å². The van der Waals surface area contributed by atoms with Crippen molar-refractivity contribution in [3.8, 4) is 23.8 Å². The molecule has 26 heavy (non-hydrogen) atoms. The Balaban J connectivity index is 1.75. The molecule has 2 aromatic heterocycles. The molecular formula is C18H14N4O4. The molecular weight excluding hydrogens is 336 g/mol. The number of terminal acetylenes is 1. The van der Waals surface area contributed by atoms with Crippen LogP contribution in [0.2, 0.25) is 0 Å². The predicted molar refractivity (Wildman–Crippen MR) is 95.9 cm³/mol. The second-order valence-corrected chi connectivity index (χ2v) is 5.70. The second-order valence-electron chi connectivity index (χ2n) is 5.70. The van der Waals surface area contributed by atoms with Gasteiger partial charge in [-0.15, -0.1) is 6.42 Å². The van der Waals surface area contributed by atoms with Crippen LogP contribution in [0.4, 0.5) is 0 Å². The van der Waals surface area contributed by atoms with Crippen molar-refractivity contribution >= 4 is 23.3 Å². The van der Waals surface area contributed by atoms with Crippen molar-refractivity contribution in [2.24, 2.45) is 7.05 Å². The third-order valence-corrected chi connectivity index (χ3v) is 4.08. The maximum Gasteiger partial charge on any atom is 0.333 e. The number of fused-ring (bicyclic) bond motifs is 2. The summed E-state index contributed by atoms with van der Waals surface area (Å²) in [5.41, 5.74) is 0.397. The molecule has 3 heterocycles. The van der Waals surface area contributed by atoms with E-state index in [1.54, 1.807) is 13.1 Å². The Morgan fingerprint density at radius 3 is 2.92 bits per heavy atom. The number of H-pyrrole nitrogens is 1. The minimum Gasteiger partial charge on any atom is -0.454 e. The summed E-state index contributed by atoms with van der Waals surface area (Å²) in [5.74, 6) is 4.14. The lowest BCUT2D eigenvalue weighted by atomic mass is 10.2. The smallest absolute Gasteiger partial charge is 0.333 e. The molecule has 130 valence electrons. The molecule has 8 nitrogen and oxygen atoms in total. The molecule has 8 heteroatoms. The van der Waals surface area contributed by atoms with E-state index in [-0.39, 0.29) is 24.5 Å². The molecule has 0 saturated carbocycles. The Labute approximate surface area is 147 Å². The van der Waals surface area contributed by atoms with E-state index in [0.717, 1.165) is 10.1 Å². The molecule has 1 N–H and O–H groups in total. The lowest BCUT2D eigenvalue weighted by molar-refractivity contribution is 0.174. The number of nitrogens with one attached hydrogen (secondary N) is 1. The van der Waals surface area contributed by atoms with Gasteiger partial charge in [0.1, 0.15) is 11.3 Å². The molecule has 0 fully saturated rings. The molecule has 4 rings (SSSR count). The van der Waals surface area contributed by atoms with Crippen LogP contribution in [0.5, 0.6) is 11.5 Å². The minimum absolute atomic E-state index is 0.0944. The van der Waals surface area contributed by atoms with Crippen LogP contribution in [0, 0.1) is 12.3 Å². The molecule has 0 atom stereocenters. The van der Waals surface area contributed by atoms with Crippen LogP contribution < -0.4 is 20.7 Å². The molecule has 0 aliphatic carbocycles. The van der Waals surface area contributed by atoms with Crippen LogP contribution in [-0.4, -0.2) is 25.9 Å². The Kier molecular flexibility index (Phi) is 3.62. The van der Waals surface area contributed by atoms with Gasteiger partial charge in [0.25, 0.3) is 5.56 Å². The largest absolute Gasteiger partial charge is 0.454 e. The number of benzene rings is 1. The quantitative estimate of drug-likeness (QED) is 0.711. The molecule has 0 spiro atoms. The van der Waals surface area contributed by atoms with Crippen LogP contribution in [-0.2, 0) is 13.6 Å². The zero-order valence-corrected chi connectivity index (χ0v) is 13.9. The summed E-state index contributed by atoms with van der Waals surface area (Å²) in [6, 6.07) is 5.54. The average Bonchev–Trinajstić information content (AvgIpc) is 3.28. The number of hydrogen-bond donors (Lipinski definition) is 1. The Morgan fingerprint density at radius 1 is 1.31 bits per heavy atom. The zero-order chi connectivity index (χ0) is 18.3. The fourth-order valence-electron chi connectivity index (χ4n) is 2.77. The van der Waals surface area contributed by atoms with Crippen molar-refractivity contribution in [1.82, 2.24) is 19.1 Å². The third kappa shape index (κ3) is 2.46. The SMILES string of the molecule is C#CCn1c(=O)c2[nH]c(/C=C/c3ccc4c(c3)OCO4)nc2n(C)c1=O. The molecule has 1 aliphatic rings. The summed E-state index contributed by atoms with van der Waals surface area (Å²) in [4.78, 5) is 31.9. The van der Waals surface area contributed by atoms with E-state index in [1.165, 1.54) is 4.57 Å². The summed E-state index contributed by atoms with van der Waals surface area (Å²) < 4.78 is 12.9. The number of imidazole rings is 1. The Morgan fingerprint density at radius 2 is 2.12 bits per heavy atom. The van der Waals surface area contributed by atoms with Gasteiger partial charge in [0, 0.05) is 7.05 Å². The summed E-state index contributed by atoms with van der Waals surface area (Å²) in [7, 11) is 1.54. The number of aromatic nitrogens is 4. The normalized spacial score (nSPS) is 12.8. The van der Waals surface area contributed by atoms with Crippen LogP contribution in [0.3, 0.4) is 0 Å². The average molecular weight is 350 g/mol. The van der Waals surface area contributed by atoms with Crippen LogP contribution >= 0.6 is 0 Å². The summed E-state index contributed by atoms with van der Waals surface area (Å²) in [5, 5.41) is 0. The van der Waals surface area contributed by atoms with E-state index in [2.05, 4.69) is 15.9 Å². The Hall–Kier alpha value is -3.73. The van der Waals surface area contributed by atoms with E-state index >= 15 is 0 Å². The van der Waals surface area contributed by atoms with E-state index in [4.69, 9.17) is 15.9 Å². The fourth-order valence-corrected chi connectivity index (χ4v) is 2.77. The molecule has 0 amide bonds. The molecule has 3 aromatic rings. The highest BCUT2D eigenvalue weighted by atomic mass is 16.7. The van der Waals surface area contributed by atoms with Crippen molar-refractivity contribution in [3.63, 3.8) is 0 Å². The molecule has 1 aromatic carbocycles.